The minimum atomic E-state index is -0.0298. The van der Waals surface area contributed by atoms with Crippen LogP contribution < -0.4 is 10.5 Å². The average molecular weight is 262 g/mol. The maximum absolute atomic E-state index is 12.0. The zero-order chi connectivity index (χ0) is 13.8. The Bertz CT molecular complexity index is 442. The van der Waals surface area contributed by atoms with Gasteiger partial charge < -0.3 is 15.4 Å². The van der Waals surface area contributed by atoms with Crippen LogP contribution >= 0.6 is 0 Å². The lowest BCUT2D eigenvalue weighted by Gasteiger charge is -2.20. The second kappa shape index (κ2) is 6.06. The van der Waals surface area contributed by atoms with E-state index in [1.165, 1.54) is 0 Å². The normalized spacial score (nSPS) is 15.9. The van der Waals surface area contributed by atoms with Gasteiger partial charge in [0.1, 0.15) is 5.75 Å². The van der Waals surface area contributed by atoms with Gasteiger partial charge in [0.2, 0.25) is 0 Å². The summed E-state index contributed by atoms with van der Waals surface area (Å²) in [5.74, 6) is 0.770. The van der Waals surface area contributed by atoms with Gasteiger partial charge in [0.25, 0.3) is 5.91 Å². The molecule has 1 atom stereocenters. The van der Waals surface area contributed by atoms with E-state index in [-0.39, 0.29) is 18.6 Å². The van der Waals surface area contributed by atoms with Crippen LogP contribution in [-0.4, -0.2) is 30.0 Å². The summed E-state index contributed by atoms with van der Waals surface area (Å²) in [5.41, 5.74) is 6.84. The first kappa shape index (κ1) is 13.9. The summed E-state index contributed by atoms with van der Waals surface area (Å²) in [6, 6.07) is 8.02. The third kappa shape index (κ3) is 3.70. The average Bonchev–Trinajstić information content (AvgIpc) is 3.22. The van der Waals surface area contributed by atoms with Crippen molar-refractivity contribution in [2.75, 3.05) is 13.2 Å². The molecule has 1 aliphatic carbocycles. The number of amides is 1. The van der Waals surface area contributed by atoms with Gasteiger partial charge in [0.15, 0.2) is 6.61 Å². The van der Waals surface area contributed by atoms with Gasteiger partial charge in [0, 0.05) is 18.6 Å². The van der Waals surface area contributed by atoms with Crippen molar-refractivity contribution in [3.05, 3.63) is 29.8 Å². The van der Waals surface area contributed by atoms with Gasteiger partial charge in [-0.15, -0.1) is 0 Å². The van der Waals surface area contributed by atoms with Crippen molar-refractivity contribution in [3.63, 3.8) is 0 Å². The predicted octanol–water partition coefficient (Wildman–Crippen LogP) is 2.10. The summed E-state index contributed by atoms with van der Waals surface area (Å²) in [5, 5.41) is 0. The van der Waals surface area contributed by atoms with Crippen LogP contribution in [-0.2, 0) is 4.79 Å². The molecule has 0 spiro atoms. The van der Waals surface area contributed by atoms with Gasteiger partial charge in [-0.05, 0) is 44.4 Å². The van der Waals surface area contributed by atoms with Crippen molar-refractivity contribution in [1.29, 1.82) is 0 Å². The van der Waals surface area contributed by atoms with Gasteiger partial charge in [0.05, 0.1) is 0 Å². The molecule has 1 amide bonds. The van der Waals surface area contributed by atoms with Gasteiger partial charge in [-0.2, -0.15) is 0 Å². The molecule has 0 bridgehead atoms. The van der Waals surface area contributed by atoms with E-state index < -0.39 is 0 Å². The molecule has 1 aromatic rings. The third-order valence-electron chi connectivity index (χ3n) is 3.39. The van der Waals surface area contributed by atoms with Gasteiger partial charge in [-0.1, -0.05) is 12.1 Å². The van der Waals surface area contributed by atoms with Crippen LogP contribution in [0, 0.1) is 0 Å². The van der Waals surface area contributed by atoms with Crippen LogP contribution in [0.5, 0.6) is 5.75 Å². The zero-order valence-corrected chi connectivity index (χ0v) is 11.6. The number of hydrogen-bond donors (Lipinski definition) is 1. The van der Waals surface area contributed by atoms with Crippen LogP contribution in [0.3, 0.4) is 0 Å². The molecule has 0 radical (unpaired) electrons. The second-order valence-electron chi connectivity index (χ2n) is 5.06. The maximum atomic E-state index is 12.0. The highest BCUT2D eigenvalue weighted by molar-refractivity contribution is 5.78. The Morgan fingerprint density at radius 1 is 1.53 bits per heavy atom. The van der Waals surface area contributed by atoms with E-state index in [0.717, 1.165) is 24.9 Å². The highest BCUT2D eigenvalue weighted by atomic mass is 16.5. The lowest BCUT2D eigenvalue weighted by Crippen LogP contribution is -2.36. The van der Waals surface area contributed by atoms with Crippen molar-refractivity contribution < 1.29 is 9.53 Å². The molecule has 2 rings (SSSR count). The van der Waals surface area contributed by atoms with Crippen molar-refractivity contribution in [2.45, 2.75) is 38.8 Å². The summed E-state index contributed by atoms with van der Waals surface area (Å²) in [6.45, 7) is 4.79. The Kier molecular flexibility index (Phi) is 4.43. The van der Waals surface area contributed by atoms with E-state index >= 15 is 0 Å². The highest BCUT2D eigenvalue weighted by Crippen LogP contribution is 2.26. The summed E-state index contributed by atoms with van der Waals surface area (Å²) in [7, 11) is 0. The van der Waals surface area contributed by atoms with Crippen LogP contribution in [0.1, 0.15) is 38.3 Å². The van der Waals surface area contributed by atoms with E-state index in [1.54, 1.807) is 0 Å². The smallest absolute Gasteiger partial charge is 0.260 e. The summed E-state index contributed by atoms with van der Waals surface area (Å²) >= 11 is 0. The van der Waals surface area contributed by atoms with Gasteiger partial charge in [-0.25, -0.2) is 0 Å². The fourth-order valence-corrected chi connectivity index (χ4v) is 2.14. The number of rotatable bonds is 6. The van der Waals surface area contributed by atoms with Crippen LogP contribution in [0.2, 0.25) is 0 Å². The van der Waals surface area contributed by atoms with E-state index in [1.807, 2.05) is 43.0 Å². The standard InChI is InChI=1S/C15H22N2O2/c1-3-17(13-7-8-13)15(18)10-19-14-6-4-5-12(9-14)11(2)16/h4-6,9,11,13H,3,7-8,10,16H2,1-2H3/t11-/m0/s1. The lowest BCUT2D eigenvalue weighted by atomic mass is 10.1. The fourth-order valence-electron chi connectivity index (χ4n) is 2.14. The summed E-state index contributed by atoms with van der Waals surface area (Å²) in [4.78, 5) is 13.9. The first-order chi connectivity index (χ1) is 9.11. The quantitative estimate of drug-likeness (QED) is 0.854. The number of carbonyl (C=O) groups is 1. The monoisotopic (exact) mass is 262 g/mol. The minimum absolute atomic E-state index is 0.0298. The van der Waals surface area contributed by atoms with Crippen LogP contribution in [0.15, 0.2) is 24.3 Å². The third-order valence-corrected chi connectivity index (χ3v) is 3.39. The fraction of sp³-hybridized carbons (Fsp3) is 0.533. The Morgan fingerprint density at radius 3 is 2.84 bits per heavy atom. The topological polar surface area (TPSA) is 55.6 Å². The molecule has 1 fully saturated rings. The number of benzene rings is 1. The van der Waals surface area contributed by atoms with Gasteiger partial charge in [-0.3, -0.25) is 4.79 Å². The van der Waals surface area contributed by atoms with Gasteiger partial charge >= 0.3 is 0 Å². The number of nitrogens with zero attached hydrogens (tertiary/aromatic N) is 1. The minimum Gasteiger partial charge on any atom is -0.484 e. The second-order valence-corrected chi connectivity index (χ2v) is 5.06. The Morgan fingerprint density at radius 2 is 2.26 bits per heavy atom. The molecule has 1 saturated carbocycles. The Balaban J connectivity index is 1.90. The van der Waals surface area contributed by atoms with Crippen molar-refractivity contribution in [1.82, 2.24) is 4.90 Å². The Labute approximate surface area is 114 Å². The molecular formula is C15H22N2O2. The van der Waals surface area contributed by atoms with E-state index in [2.05, 4.69) is 0 Å². The largest absolute Gasteiger partial charge is 0.484 e. The summed E-state index contributed by atoms with van der Waals surface area (Å²) < 4.78 is 5.57. The van der Waals surface area contributed by atoms with Crippen molar-refractivity contribution in [2.24, 2.45) is 5.73 Å². The Hall–Kier alpha value is -1.55. The van der Waals surface area contributed by atoms with E-state index in [0.29, 0.717) is 11.8 Å². The molecule has 1 aliphatic rings. The SMILES string of the molecule is CCN(C(=O)COc1cccc([C@H](C)N)c1)C1CC1. The van der Waals surface area contributed by atoms with Crippen LogP contribution in [0.25, 0.3) is 0 Å². The molecule has 19 heavy (non-hydrogen) atoms. The molecule has 0 unspecified atom stereocenters. The van der Waals surface area contributed by atoms with Crippen molar-refractivity contribution in [3.8, 4) is 5.75 Å². The lowest BCUT2D eigenvalue weighted by molar-refractivity contribution is -0.133. The maximum Gasteiger partial charge on any atom is 0.260 e. The predicted molar refractivity (Wildman–Crippen MR) is 74.9 cm³/mol. The number of nitrogens with two attached hydrogens (primary N) is 1. The van der Waals surface area contributed by atoms with Crippen LogP contribution in [0.4, 0.5) is 0 Å². The summed E-state index contributed by atoms with van der Waals surface area (Å²) in [6.07, 6.45) is 2.25. The van der Waals surface area contributed by atoms with E-state index in [4.69, 9.17) is 10.5 Å². The number of likely N-dealkylation sites (N-methyl/N-ethyl adjacent to an activating group) is 1. The molecule has 0 aliphatic heterocycles. The molecule has 2 N–H and O–H groups in total. The first-order valence-electron chi connectivity index (χ1n) is 6.89. The number of hydrogen-bond acceptors (Lipinski definition) is 3. The molecule has 1 aromatic carbocycles. The molecule has 104 valence electrons. The molecule has 4 heteroatoms. The molecule has 4 nitrogen and oxygen atoms in total. The molecule has 0 aromatic heterocycles. The first-order valence-corrected chi connectivity index (χ1v) is 6.89. The van der Waals surface area contributed by atoms with Crippen molar-refractivity contribution >= 4 is 5.91 Å². The molecular weight excluding hydrogens is 240 g/mol. The number of carbonyl (C=O) groups excluding carboxylic acids is 1. The number of ether oxygens (including phenoxy) is 1. The molecule has 0 saturated heterocycles. The highest BCUT2D eigenvalue weighted by Gasteiger charge is 2.31. The molecule has 0 heterocycles. The van der Waals surface area contributed by atoms with E-state index in [9.17, 15) is 4.79 Å². The zero-order valence-electron chi connectivity index (χ0n) is 11.6.